The Labute approximate surface area is 144 Å². The minimum atomic E-state index is -0.947. The maximum atomic E-state index is 12.7. The zero-order valence-corrected chi connectivity index (χ0v) is 14.0. The number of aromatic amines is 1. The normalized spacial score (nSPS) is 12.3. The largest absolute Gasteiger partial charge is 0.319 e. The summed E-state index contributed by atoms with van der Waals surface area (Å²) in [4.78, 5) is 44.3. The van der Waals surface area contributed by atoms with Gasteiger partial charge in [0.05, 0.1) is 17.0 Å². The van der Waals surface area contributed by atoms with Gasteiger partial charge in [-0.05, 0) is 31.5 Å². The molecule has 0 radical (unpaired) electrons. The van der Waals surface area contributed by atoms with E-state index < -0.39 is 11.8 Å². The Hall–Kier alpha value is -3.08. The zero-order chi connectivity index (χ0) is 18.0. The summed E-state index contributed by atoms with van der Waals surface area (Å²) in [5, 5.41) is 0. The van der Waals surface area contributed by atoms with Crippen LogP contribution >= 0.6 is 0 Å². The van der Waals surface area contributed by atoms with Crippen LogP contribution < -0.4 is 5.56 Å². The first-order valence-corrected chi connectivity index (χ1v) is 8.04. The van der Waals surface area contributed by atoms with Crippen LogP contribution in [0.1, 0.15) is 31.0 Å². The fraction of sp³-hybridized carbons (Fsp3) is 0.200. The summed E-state index contributed by atoms with van der Waals surface area (Å²) in [5.41, 5.74) is 1.74. The molecule has 0 unspecified atom stereocenters. The van der Waals surface area contributed by atoms with Gasteiger partial charge < -0.3 is 4.98 Å². The zero-order valence-electron chi connectivity index (χ0n) is 14.0. The van der Waals surface area contributed by atoms with Crippen LogP contribution in [0.25, 0.3) is 11.0 Å². The van der Waals surface area contributed by atoms with E-state index >= 15 is 0 Å². The van der Waals surface area contributed by atoms with Crippen molar-refractivity contribution in [3.05, 3.63) is 76.2 Å². The van der Waals surface area contributed by atoms with Gasteiger partial charge in [-0.25, -0.2) is 4.98 Å². The highest BCUT2D eigenvalue weighted by molar-refractivity contribution is 6.01. The summed E-state index contributed by atoms with van der Waals surface area (Å²) in [5.74, 6) is -2.23. The SMILES string of the molecule is CC(=O)C(C(C)=O)[C@H](c1ccccc1)c1nc2ccccc2[nH]c1=O. The molecule has 5 heteroatoms. The highest BCUT2D eigenvalue weighted by Crippen LogP contribution is 2.31. The van der Waals surface area contributed by atoms with Crippen molar-refractivity contribution in [2.24, 2.45) is 5.92 Å². The molecule has 0 aliphatic rings. The number of aromatic nitrogens is 2. The number of carbonyl (C=O) groups excluding carboxylic acids is 2. The second-order valence-corrected chi connectivity index (χ2v) is 6.06. The van der Waals surface area contributed by atoms with E-state index in [0.717, 1.165) is 0 Å². The number of hydrogen-bond acceptors (Lipinski definition) is 4. The molecule has 3 aromatic rings. The maximum Gasteiger partial charge on any atom is 0.270 e. The van der Waals surface area contributed by atoms with Gasteiger partial charge in [-0.1, -0.05) is 42.5 Å². The Bertz CT molecular complexity index is 978. The summed E-state index contributed by atoms with van der Waals surface area (Å²) < 4.78 is 0. The summed E-state index contributed by atoms with van der Waals surface area (Å²) in [7, 11) is 0. The van der Waals surface area contributed by atoms with Crippen LogP contribution in [0.15, 0.2) is 59.4 Å². The van der Waals surface area contributed by atoms with Crippen molar-refractivity contribution in [2.75, 3.05) is 0 Å². The molecule has 0 saturated carbocycles. The molecule has 25 heavy (non-hydrogen) atoms. The van der Waals surface area contributed by atoms with Crippen molar-refractivity contribution in [3.63, 3.8) is 0 Å². The summed E-state index contributed by atoms with van der Waals surface area (Å²) in [6.45, 7) is 2.74. The van der Waals surface area contributed by atoms with E-state index in [4.69, 9.17) is 0 Å². The summed E-state index contributed by atoms with van der Waals surface area (Å²) in [6.07, 6.45) is 0. The standard InChI is InChI=1S/C20H18N2O3/c1-12(23)17(13(2)24)18(14-8-4-3-5-9-14)19-20(25)22-16-11-7-6-10-15(16)21-19/h3-11,17-18H,1-2H3,(H,22,25)/t18-/m0/s1. The number of nitrogens with one attached hydrogen (secondary N) is 1. The van der Waals surface area contributed by atoms with Crippen molar-refractivity contribution < 1.29 is 9.59 Å². The van der Waals surface area contributed by atoms with Crippen LogP contribution in [0.2, 0.25) is 0 Å². The first-order chi connectivity index (χ1) is 12.0. The Balaban J connectivity index is 2.28. The predicted octanol–water partition coefficient (Wildman–Crippen LogP) is 2.85. The molecule has 1 N–H and O–H groups in total. The third-order valence-corrected chi connectivity index (χ3v) is 4.29. The monoisotopic (exact) mass is 334 g/mol. The molecule has 1 atom stereocenters. The predicted molar refractivity (Wildman–Crippen MR) is 95.5 cm³/mol. The van der Waals surface area contributed by atoms with Crippen LogP contribution in [-0.4, -0.2) is 21.5 Å². The van der Waals surface area contributed by atoms with Crippen LogP contribution in [-0.2, 0) is 9.59 Å². The molecule has 5 nitrogen and oxygen atoms in total. The molecule has 0 bridgehead atoms. The average Bonchev–Trinajstić information content (AvgIpc) is 2.59. The number of fused-ring (bicyclic) bond motifs is 1. The second-order valence-electron chi connectivity index (χ2n) is 6.06. The van der Waals surface area contributed by atoms with E-state index in [9.17, 15) is 14.4 Å². The second kappa shape index (κ2) is 6.81. The highest BCUT2D eigenvalue weighted by Gasteiger charge is 2.35. The average molecular weight is 334 g/mol. The van der Waals surface area contributed by atoms with Gasteiger partial charge in [0.1, 0.15) is 17.3 Å². The van der Waals surface area contributed by atoms with Crippen molar-refractivity contribution >= 4 is 22.6 Å². The number of benzene rings is 2. The van der Waals surface area contributed by atoms with Crippen LogP contribution in [0.3, 0.4) is 0 Å². The van der Waals surface area contributed by atoms with Gasteiger partial charge in [-0.15, -0.1) is 0 Å². The molecular weight excluding hydrogens is 316 g/mol. The minimum Gasteiger partial charge on any atom is -0.319 e. The number of nitrogens with zero attached hydrogens (tertiary/aromatic N) is 1. The van der Waals surface area contributed by atoms with Gasteiger partial charge >= 0.3 is 0 Å². The van der Waals surface area contributed by atoms with Gasteiger partial charge in [0.25, 0.3) is 5.56 Å². The third kappa shape index (κ3) is 3.26. The van der Waals surface area contributed by atoms with Crippen molar-refractivity contribution in [2.45, 2.75) is 19.8 Å². The summed E-state index contributed by atoms with van der Waals surface area (Å²) >= 11 is 0. The minimum absolute atomic E-state index is 0.181. The molecule has 0 saturated heterocycles. The molecule has 0 spiro atoms. The number of hydrogen-bond donors (Lipinski definition) is 1. The van der Waals surface area contributed by atoms with E-state index in [1.165, 1.54) is 13.8 Å². The molecule has 0 fully saturated rings. The quantitative estimate of drug-likeness (QED) is 0.728. The van der Waals surface area contributed by atoms with E-state index in [1.54, 1.807) is 24.3 Å². The van der Waals surface area contributed by atoms with Crippen molar-refractivity contribution in [1.29, 1.82) is 0 Å². The Morgan fingerprint density at radius 3 is 2.16 bits per heavy atom. The molecule has 3 rings (SSSR count). The lowest BCUT2D eigenvalue weighted by Gasteiger charge is -2.23. The lowest BCUT2D eigenvalue weighted by molar-refractivity contribution is -0.130. The van der Waals surface area contributed by atoms with Crippen LogP contribution in [0.5, 0.6) is 0 Å². The smallest absolute Gasteiger partial charge is 0.270 e. The lowest BCUT2D eigenvalue weighted by Crippen LogP contribution is -2.32. The summed E-state index contributed by atoms with van der Waals surface area (Å²) in [6, 6.07) is 16.3. The van der Waals surface area contributed by atoms with Gasteiger partial charge in [0.2, 0.25) is 0 Å². The van der Waals surface area contributed by atoms with Gasteiger partial charge in [-0.3, -0.25) is 14.4 Å². The van der Waals surface area contributed by atoms with Gasteiger partial charge in [-0.2, -0.15) is 0 Å². The Kier molecular flexibility index (Phi) is 4.57. The number of para-hydroxylation sites is 2. The molecule has 1 aromatic heterocycles. The topological polar surface area (TPSA) is 79.9 Å². The highest BCUT2D eigenvalue weighted by atomic mass is 16.2. The number of ketones is 2. The first kappa shape index (κ1) is 16.8. The van der Waals surface area contributed by atoms with Crippen molar-refractivity contribution in [3.8, 4) is 0 Å². The molecule has 0 aliphatic carbocycles. The molecule has 0 aliphatic heterocycles. The third-order valence-electron chi connectivity index (χ3n) is 4.29. The van der Waals surface area contributed by atoms with E-state index in [1.807, 2.05) is 30.3 Å². The number of H-pyrrole nitrogens is 1. The molecule has 1 heterocycles. The molecule has 2 aromatic carbocycles. The number of rotatable bonds is 5. The molecule has 0 amide bonds. The van der Waals surface area contributed by atoms with Crippen molar-refractivity contribution in [1.82, 2.24) is 9.97 Å². The fourth-order valence-corrected chi connectivity index (χ4v) is 3.18. The van der Waals surface area contributed by atoms with E-state index in [0.29, 0.717) is 16.6 Å². The first-order valence-electron chi connectivity index (χ1n) is 8.04. The Morgan fingerprint density at radius 2 is 1.52 bits per heavy atom. The van der Waals surface area contributed by atoms with Gasteiger partial charge in [0, 0.05) is 5.92 Å². The number of carbonyl (C=O) groups is 2. The van der Waals surface area contributed by atoms with E-state index in [-0.39, 0.29) is 22.8 Å². The fourth-order valence-electron chi connectivity index (χ4n) is 3.18. The molecular formula is C20H18N2O3. The van der Waals surface area contributed by atoms with Crippen LogP contribution in [0, 0.1) is 5.92 Å². The van der Waals surface area contributed by atoms with Gasteiger partial charge in [0.15, 0.2) is 0 Å². The van der Waals surface area contributed by atoms with E-state index in [2.05, 4.69) is 9.97 Å². The Morgan fingerprint density at radius 1 is 0.920 bits per heavy atom. The number of Topliss-reactive ketones (excluding diaryl/α,β-unsaturated/α-hetero) is 2. The maximum absolute atomic E-state index is 12.7. The van der Waals surface area contributed by atoms with Crippen LogP contribution in [0.4, 0.5) is 0 Å². The molecule has 126 valence electrons. The lowest BCUT2D eigenvalue weighted by atomic mass is 9.79.